The van der Waals surface area contributed by atoms with E-state index in [0.717, 1.165) is 38.7 Å². The average molecular weight is 255 g/mol. The highest BCUT2D eigenvalue weighted by Crippen LogP contribution is 2.27. The van der Waals surface area contributed by atoms with Crippen molar-refractivity contribution in [2.75, 3.05) is 39.8 Å². The molecule has 2 N–H and O–H groups in total. The monoisotopic (exact) mass is 255 g/mol. The van der Waals surface area contributed by atoms with Crippen molar-refractivity contribution in [3.63, 3.8) is 0 Å². The van der Waals surface area contributed by atoms with Crippen LogP contribution in [0.3, 0.4) is 0 Å². The highest BCUT2D eigenvalue weighted by molar-refractivity contribution is 4.88. The number of piperidine rings is 1. The first-order valence-corrected chi connectivity index (χ1v) is 7.36. The van der Waals surface area contributed by atoms with Crippen molar-refractivity contribution in [2.45, 2.75) is 44.9 Å². The van der Waals surface area contributed by atoms with Gasteiger partial charge in [0.15, 0.2) is 0 Å². The summed E-state index contributed by atoms with van der Waals surface area (Å²) in [6.07, 6.45) is 2.89. The highest BCUT2D eigenvalue weighted by atomic mass is 16.5. The maximum Gasteiger partial charge on any atom is 0.0829 e. The molecule has 4 nitrogen and oxygen atoms in total. The highest BCUT2D eigenvalue weighted by Gasteiger charge is 2.33. The van der Waals surface area contributed by atoms with Gasteiger partial charge in [-0.25, -0.2) is 0 Å². The van der Waals surface area contributed by atoms with E-state index in [9.17, 15) is 0 Å². The molecule has 0 saturated carbocycles. The summed E-state index contributed by atoms with van der Waals surface area (Å²) >= 11 is 0. The fourth-order valence-electron chi connectivity index (χ4n) is 3.55. The lowest BCUT2D eigenvalue weighted by atomic mass is 9.87. The minimum atomic E-state index is 0.355. The Balaban J connectivity index is 1.92. The second-order valence-electron chi connectivity index (χ2n) is 6.27. The van der Waals surface area contributed by atoms with Gasteiger partial charge < -0.3 is 15.4 Å². The molecule has 0 aromatic rings. The SMILES string of the molecule is CC1CC(C)N(CC2CN(C)CCO2)C(CN)C1. The Hall–Kier alpha value is -0.160. The lowest BCUT2D eigenvalue weighted by Gasteiger charge is -2.45. The molecule has 0 bridgehead atoms. The van der Waals surface area contributed by atoms with Crippen LogP contribution in [0.5, 0.6) is 0 Å². The Bertz CT molecular complexity index is 261. The number of likely N-dealkylation sites (tertiary alicyclic amines) is 1. The first-order valence-electron chi connectivity index (χ1n) is 7.36. The van der Waals surface area contributed by atoms with Crippen molar-refractivity contribution < 1.29 is 4.74 Å². The van der Waals surface area contributed by atoms with E-state index in [1.165, 1.54) is 12.8 Å². The van der Waals surface area contributed by atoms with E-state index in [1.807, 2.05) is 0 Å². The van der Waals surface area contributed by atoms with Gasteiger partial charge in [-0.3, -0.25) is 4.90 Å². The molecule has 0 aliphatic carbocycles. The normalized spacial score (nSPS) is 40.0. The van der Waals surface area contributed by atoms with Crippen LogP contribution in [0.4, 0.5) is 0 Å². The van der Waals surface area contributed by atoms with E-state index in [1.54, 1.807) is 0 Å². The van der Waals surface area contributed by atoms with Crippen LogP contribution < -0.4 is 5.73 Å². The lowest BCUT2D eigenvalue weighted by molar-refractivity contribution is -0.0570. The van der Waals surface area contributed by atoms with Crippen LogP contribution in [0.15, 0.2) is 0 Å². The summed E-state index contributed by atoms with van der Waals surface area (Å²) in [5, 5.41) is 0. The van der Waals surface area contributed by atoms with Crippen LogP contribution in [-0.4, -0.2) is 67.8 Å². The van der Waals surface area contributed by atoms with Crippen molar-refractivity contribution in [3.8, 4) is 0 Å². The largest absolute Gasteiger partial charge is 0.374 e. The first-order chi connectivity index (χ1) is 8.60. The second kappa shape index (κ2) is 6.33. The number of hydrogen-bond donors (Lipinski definition) is 1. The first kappa shape index (κ1) is 14.3. The van der Waals surface area contributed by atoms with Gasteiger partial charge in [0.2, 0.25) is 0 Å². The Morgan fingerprint density at radius 3 is 2.72 bits per heavy atom. The van der Waals surface area contributed by atoms with Crippen molar-refractivity contribution in [3.05, 3.63) is 0 Å². The van der Waals surface area contributed by atoms with Gasteiger partial charge in [0.1, 0.15) is 0 Å². The summed E-state index contributed by atoms with van der Waals surface area (Å²) in [5.41, 5.74) is 5.96. The predicted molar refractivity (Wildman–Crippen MR) is 74.6 cm³/mol. The van der Waals surface area contributed by atoms with Gasteiger partial charge in [-0.1, -0.05) is 6.92 Å². The summed E-state index contributed by atoms with van der Waals surface area (Å²) in [7, 11) is 2.18. The molecule has 106 valence electrons. The molecule has 2 fully saturated rings. The number of ether oxygens (including phenoxy) is 1. The van der Waals surface area contributed by atoms with Gasteiger partial charge in [0, 0.05) is 38.3 Å². The summed E-state index contributed by atoms with van der Waals surface area (Å²) in [6, 6.07) is 1.18. The molecule has 0 radical (unpaired) electrons. The molecule has 0 amide bonds. The molecule has 0 spiro atoms. The third-order valence-electron chi connectivity index (χ3n) is 4.48. The summed E-state index contributed by atoms with van der Waals surface area (Å²) in [4.78, 5) is 4.95. The number of hydrogen-bond acceptors (Lipinski definition) is 4. The number of likely N-dealkylation sites (N-methyl/N-ethyl adjacent to an activating group) is 1. The molecular formula is C14H29N3O. The van der Waals surface area contributed by atoms with E-state index in [2.05, 4.69) is 30.7 Å². The lowest BCUT2D eigenvalue weighted by Crippen LogP contribution is -2.55. The van der Waals surface area contributed by atoms with Gasteiger partial charge in [-0.05, 0) is 32.7 Å². The molecule has 0 aromatic carbocycles. The third-order valence-corrected chi connectivity index (χ3v) is 4.48. The van der Waals surface area contributed by atoms with Gasteiger partial charge in [-0.15, -0.1) is 0 Å². The molecule has 0 aromatic heterocycles. The van der Waals surface area contributed by atoms with Crippen molar-refractivity contribution in [2.24, 2.45) is 11.7 Å². The number of nitrogens with two attached hydrogens (primary N) is 1. The molecule has 4 unspecified atom stereocenters. The summed E-state index contributed by atoms with van der Waals surface area (Å²) < 4.78 is 5.89. The minimum Gasteiger partial charge on any atom is -0.374 e. The Morgan fingerprint density at radius 2 is 2.06 bits per heavy atom. The van der Waals surface area contributed by atoms with Gasteiger partial charge in [-0.2, -0.15) is 0 Å². The van der Waals surface area contributed by atoms with E-state index in [0.29, 0.717) is 18.2 Å². The second-order valence-corrected chi connectivity index (χ2v) is 6.27. The molecule has 2 heterocycles. The molecule has 18 heavy (non-hydrogen) atoms. The quantitative estimate of drug-likeness (QED) is 0.808. The van der Waals surface area contributed by atoms with Crippen molar-refractivity contribution in [1.82, 2.24) is 9.80 Å². The third kappa shape index (κ3) is 3.44. The molecular weight excluding hydrogens is 226 g/mol. The zero-order chi connectivity index (χ0) is 13.1. The van der Waals surface area contributed by atoms with Crippen molar-refractivity contribution >= 4 is 0 Å². The number of nitrogens with zero attached hydrogens (tertiary/aromatic N) is 2. The predicted octanol–water partition coefficient (Wildman–Crippen LogP) is 0.765. The van der Waals surface area contributed by atoms with Crippen LogP contribution in [0, 0.1) is 5.92 Å². The Morgan fingerprint density at radius 1 is 1.28 bits per heavy atom. The summed E-state index contributed by atoms with van der Waals surface area (Å²) in [5.74, 6) is 0.805. The van der Waals surface area contributed by atoms with Crippen molar-refractivity contribution in [1.29, 1.82) is 0 Å². The van der Waals surface area contributed by atoms with Gasteiger partial charge in [0.25, 0.3) is 0 Å². The zero-order valence-electron chi connectivity index (χ0n) is 12.1. The standard InChI is InChI=1S/C14H29N3O/c1-11-6-12(2)17(13(7-11)8-15)10-14-9-16(3)4-5-18-14/h11-14H,4-10,15H2,1-3H3. The van der Waals surface area contributed by atoms with E-state index in [-0.39, 0.29) is 0 Å². The van der Waals surface area contributed by atoms with Gasteiger partial charge >= 0.3 is 0 Å². The average Bonchev–Trinajstić information content (AvgIpc) is 2.32. The molecule has 2 saturated heterocycles. The number of rotatable bonds is 3. The van der Waals surface area contributed by atoms with Crippen LogP contribution in [0.2, 0.25) is 0 Å². The van der Waals surface area contributed by atoms with E-state index in [4.69, 9.17) is 10.5 Å². The van der Waals surface area contributed by atoms with Crippen LogP contribution in [0.25, 0.3) is 0 Å². The molecule has 2 aliphatic heterocycles. The fourth-order valence-corrected chi connectivity index (χ4v) is 3.55. The van der Waals surface area contributed by atoms with Gasteiger partial charge in [0.05, 0.1) is 12.7 Å². The van der Waals surface area contributed by atoms with Crippen LogP contribution in [-0.2, 0) is 4.74 Å². The van der Waals surface area contributed by atoms with E-state index < -0.39 is 0 Å². The molecule has 4 atom stereocenters. The minimum absolute atomic E-state index is 0.355. The summed E-state index contributed by atoms with van der Waals surface area (Å²) in [6.45, 7) is 9.48. The Kier molecular flexibility index (Phi) is 5.01. The topological polar surface area (TPSA) is 41.7 Å². The fraction of sp³-hybridized carbons (Fsp3) is 1.00. The molecule has 2 aliphatic rings. The maximum absolute atomic E-state index is 5.96. The Labute approximate surface area is 111 Å². The smallest absolute Gasteiger partial charge is 0.0829 e. The van der Waals surface area contributed by atoms with Crippen LogP contribution in [0.1, 0.15) is 26.7 Å². The maximum atomic E-state index is 5.96. The molecule has 4 heteroatoms. The van der Waals surface area contributed by atoms with E-state index >= 15 is 0 Å². The van der Waals surface area contributed by atoms with Crippen LogP contribution >= 0.6 is 0 Å². The number of morpholine rings is 1. The zero-order valence-corrected chi connectivity index (χ0v) is 12.1. The molecule has 2 rings (SSSR count).